The van der Waals surface area contributed by atoms with Gasteiger partial charge in [-0.25, -0.2) is 9.78 Å². The van der Waals surface area contributed by atoms with Crippen molar-refractivity contribution in [2.75, 3.05) is 39.3 Å². The number of furan rings is 1. The normalized spacial score (nSPS) is 14.4. The third kappa shape index (κ3) is 3.51. The fourth-order valence-corrected chi connectivity index (χ4v) is 3.78. The van der Waals surface area contributed by atoms with Crippen molar-refractivity contribution in [3.8, 4) is 11.5 Å². The van der Waals surface area contributed by atoms with Gasteiger partial charge in [0.15, 0.2) is 5.76 Å². The summed E-state index contributed by atoms with van der Waals surface area (Å²) in [5.41, 5.74) is 1.92. The summed E-state index contributed by atoms with van der Waals surface area (Å²) in [5.74, 6) is 0.422. The van der Waals surface area contributed by atoms with E-state index in [1.165, 1.54) is 0 Å². The molecule has 0 unspecified atom stereocenters. The third-order valence-corrected chi connectivity index (χ3v) is 5.49. The number of aryl methyl sites for hydroxylation is 1. The van der Waals surface area contributed by atoms with Gasteiger partial charge in [0, 0.05) is 39.3 Å². The van der Waals surface area contributed by atoms with Crippen molar-refractivity contribution in [3.63, 3.8) is 0 Å². The van der Waals surface area contributed by atoms with Gasteiger partial charge in [-0.15, -0.1) is 0 Å². The van der Waals surface area contributed by atoms with E-state index in [4.69, 9.17) is 8.94 Å². The minimum absolute atomic E-state index is 0.0217. The van der Waals surface area contributed by atoms with Gasteiger partial charge in [-0.1, -0.05) is 5.16 Å². The van der Waals surface area contributed by atoms with Gasteiger partial charge in [0.1, 0.15) is 5.69 Å². The van der Waals surface area contributed by atoms with E-state index in [-0.39, 0.29) is 11.9 Å². The smallest absolute Gasteiger partial charge is 0.320 e. The zero-order valence-electron chi connectivity index (χ0n) is 17.4. The van der Waals surface area contributed by atoms with Crippen LogP contribution in [-0.2, 0) is 0 Å². The highest BCUT2D eigenvalue weighted by Crippen LogP contribution is 2.28. The van der Waals surface area contributed by atoms with E-state index in [0.29, 0.717) is 73.1 Å². The molecule has 0 bridgehead atoms. The molecule has 30 heavy (non-hydrogen) atoms. The van der Waals surface area contributed by atoms with Crippen molar-refractivity contribution in [1.29, 1.82) is 0 Å². The number of hydrogen-bond acceptors (Lipinski definition) is 6. The molecular weight excluding hydrogens is 386 g/mol. The number of fused-ring (bicyclic) bond motifs is 1. The zero-order valence-corrected chi connectivity index (χ0v) is 17.4. The number of amides is 3. The van der Waals surface area contributed by atoms with Crippen molar-refractivity contribution in [1.82, 2.24) is 24.8 Å². The Morgan fingerprint density at radius 1 is 1.13 bits per heavy atom. The molecule has 0 radical (unpaired) electrons. The number of piperazine rings is 1. The first-order valence-electron chi connectivity index (χ1n) is 10.2. The summed E-state index contributed by atoms with van der Waals surface area (Å²) in [6, 6.07) is 5.29. The molecule has 0 spiro atoms. The molecule has 0 atom stereocenters. The lowest BCUT2D eigenvalue weighted by atomic mass is 10.1. The Kier molecular flexibility index (Phi) is 5.43. The van der Waals surface area contributed by atoms with Gasteiger partial charge >= 0.3 is 6.03 Å². The Hall–Kier alpha value is -3.36. The van der Waals surface area contributed by atoms with Gasteiger partial charge in [0.05, 0.1) is 22.9 Å². The molecule has 1 aliphatic heterocycles. The van der Waals surface area contributed by atoms with Crippen LogP contribution in [0.5, 0.6) is 0 Å². The Bertz CT molecular complexity index is 1050. The molecule has 0 aromatic carbocycles. The standard InChI is InChI=1S/C21H25N5O4/c1-4-24(5-2)21(28)26-10-8-25(9-11-26)20(27)15-13-16(17-7-6-12-29-17)22-19-18(15)14(3)23-30-19/h6-7,12-13H,4-5,8-11H2,1-3H3. The Morgan fingerprint density at radius 3 is 2.47 bits per heavy atom. The number of carbonyl (C=O) groups is 2. The molecule has 1 saturated heterocycles. The molecule has 1 fully saturated rings. The lowest BCUT2D eigenvalue weighted by molar-refractivity contribution is 0.0643. The predicted molar refractivity (Wildman–Crippen MR) is 110 cm³/mol. The molecule has 158 valence electrons. The maximum Gasteiger partial charge on any atom is 0.320 e. The molecule has 4 heterocycles. The second kappa shape index (κ2) is 8.17. The van der Waals surface area contributed by atoms with Gasteiger partial charge in [-0.2, -0.15) is 0 Å². The topological polar surface area (TPSA) is 95.9 Å². The summed E-state index contributed by atoms with van der Waals surface area (Å²) >= 11 is 0. The summed E-state index contributed by atoms with van der Waals surface area (Å²) in [6.45, 7) is 9.01. The van der Waals surface area contributed by atoms with E-state index in [1.54, 1.807) is 46.1 Å². The van der Waals surface area contributed by atoms with Crippen LogP contribution in [0, 0.1) is 6.92 Å². The number of rotatable bonds is 4. The van der Waals surface area contributed by atoms with Crippen molar-refractivity contribution in [3.05, 3.63) is 35.7 Å². The minimum Gasteiger partial charge on any atom is -0.463 e. The van der Waals surface area contributed by atoms with Gasteiger partial charge in [0.2, 0.25) is 0 Å². The number of aromatic nitrogens is 2. The minimum atomic E-state index is -0.128. The van der Waals surface area contributed by atoms with Crippen LogP contribution in [0.3, 0.4) is 0 Å². The van der Waals surface area contributed by atoms with E-state index in [9.17, 15) is 9.59 Å². The molecule has 3 amide bonds. The van der Waals surface area contributed by atoms with Gasteiger partial charge in [-0.05, 0) is 39.0 Å². The van der Waals surface area contributed by atoms with Crippen LogP contribution in [0.15, 0.2) is 33.4 Å². The highest BCUT2D eigenvalue weighted by atomic mass is 16.5. The first-order valence-corrected chi connectivity index (χ1v) is 10.2. The maximum absolute atomic E-state index is 13.4. The zero-order chi connectivity index (χ0) is 21.3. The first kappa shape index (κ1) is 19.9. The molecule has 0 aliphatic carbocycles. The lowest BCUT2D eigenvalue weighted by Gasteiger charge is -2.37. The van der Waals surface area contributed by atoms with E-state index in [0.717, 1.165) is 0 Å². The second-order valence-corrected chi connectivity index (χ2v) is 7.21. The molecule has 1 aliphatic rings. The highest BCUT2D eigenvalue weighted by molar-refractivity contribution is 6.07. The lowest BCUT2D eigenvalue weighted by Crippen LogP contribution is -2.54. The van der Waals surface area contributed by atoms with Gasteiger partial charge in [-0.3, -0.25) is 4.79 Å². The van der Waals surface area contributed by atoms with Crippen LogP contribution in [0.25, 0.3) is 22.6 Å². The van der Waals surface area contributed by atoms with Crippen molar-refractivity contribution < 1.29 is 18.5 Å². The Labute approximate surface area is 174 Å². The first-order chi connectivity index (χ1) is 14.5. The average molecular weight is 411 g/mol. The fraction of sp³-hybridized carbons (Fsp3) is 0.429. The summed E-state index contributed by atoms with van der Waals surface area (Å²) in [7, 11) is 0. The molecule has 3 aromatic rings. The SMILES string of the molecule is CCN(CC)C(=O)N1CCN(C(=O)c2cc(-c3ccco3)nc3onc(C)c23)CC1. The van der Waals surface area contributed by atoms with Crippen LogP contribution in [0.1, 0.15) is 29.9 Å². The van der Waals surface area contributed by atoms with Gasteiger partial charge < -0.3 is 23.6 Å². The Morgan fingerprint density at radius 2 is 1.83 bits per heavy atom. The van der Waals surface area contributed by atoms with Crippen LogP contribution in [-0.4, -0.2) is 76.0 Å². The summed E-state index contributed by atoms with van der Waals surface area (Å²) in [5, 5.41) is 4.59. The third-order valence-electron chi connectivity index (χ3n) is 5.49. The molecule has 9 heteroatoms. The van der Waals surface area contributed by atoms with E-state index >= 15 is 0 Å². The molecule has 4 rings (SSSR count). The van der Waals surface area contributed by atoms with Crippen molar-refractivity contribution in [2.24, 2.45) is 0 Å². The quantitative estimate of drug-likeness (QED) is 0.655. The van der Waals surface area contributed by atoms with Gasteiger partial charge in [0.25, 0.3) is 11.6 Å². The van der Waals surface area contributed by atoms with Crippen molar-refractivity contribution in [2.45, 2.75) is 20.8 Å². The van der Waals surface area contributed by atoms with Crippen LogP contribution in [0.2, 0.25) is 0 Å². The maximum atomic E-state index is 13.4. The molecule has 3 aromatic heterocycles. The van der Waals surface area contributed by atoms with Crippen LogP contribution < -0.4 is 0 Å². The monoisotopic (exact) mass is 411 g/mol. The summed E-state index contributed by atoms with van der Waals surface area (Å²) < 4.78 is 10.8. The fourth-order valence-electron chi connectivity index (χ4n) is 3.78. The van der Waals surface area contributed by atoms with Crippen LogP contribution >= 0.6 is 0 Å². The Balaban J connectivity index is 1.58. The number of nitrogens with zero attached hydrogens (tertiary/aromatic N) is 5. The second-order valence-electron chi connectivity index (χ2n) is 7.21. The number of urea groups is 1. The summed E-state index contributed by atoms with van der Waals surface area (Å²) in [4.78, 5) is 35.8. The highest BCUT2D eigenvalue weighted by Gasteiger charge is 2.29. The molecular formula is C21H25N5O4. The molecule has 9 nitrogen and oxygen atoms in total. The number of carbonyl (C=O) groups excluding carboxylic acids is 2. The van der Waals surface area contributed by atoms with Crippen molar-refractivity contribution >= 4 is 23.0 Å². The number of pyridine rings is 1. The van der Waals surface area contributed by atoms with E-state index < -0.39 is 0 Å². The number of hydrogen-bond donors (Lipinski definition) is 0. The average Bonchev–Trinajstić information content (AvgIpc) is 3.44. The summed E-state index contributed by atoms with van der Waals surface area (Å²) in [6.07, 6.45) is 1.56. The molecule has 0 N–H and O–H groups in total. The van der Waals surface area contributed by atoms with Crippen LogP contribution in [0.4, 0.5) is 4.79 Å². The molecule has 0 saturated carbocycles. The van der Waals surface area contributed by atoms with E-state index in [2.05, 4.69) is 10.1 Å². The van der Waals surface area contributed by atoms with E-state index in [1.807, 2.05) is 13.8 Å². The largest absolute Gasteiger partial charge is 0.463 e. The predicted octanol–water partition coefficient (Wildman–Crippen LogP) is 3.01.